The molecule has 0 radical (unpaired) electrons. The SMILES string of the molecule is CC(=CCCNC(=O)Nc1cccc(O)c1)C(=O)O. The second kappa shape index (κ2) is 7.05. The van der Waals surface area contributed by atoms with E-state index in [-0.39, 0.29) is 11.3 Å². The van der Waals surface area contributed by atoms with Crippen LogP contribution in [0.25, 0.3) is 0 Å². The first-order chi connectivity index (χ1) is 8.99. The van der Waals surface area contributed by atoms with Crippen molar-refractivity contribution < 1.29 is 19.8 Å². The Hall–Kier alpha value is -2.50. The molecule has 6 nitrogen and oxygen atoms in total. The van der Waals surface area contributed by atoms with Gasteiger partial charge in [-0.1, -0.05) is 12.1 Å². The molecule has 0 spiro atoms. The maximum Gasteiger partial charge on any atom is 0.330 e. The lowest BCUT2D eigenvalue weighted by molar-refractivity contribution is -0.132. The van der Waals surface area contributed by atoms with Crippen LogP contribution in [0.2, 0.25) is 0 Å². The molecule has 2 amide bonds. The Kier molecular flexibility index (Phi) is 5.40. The van der Waals surface area contributed by atoms with Crippen molar-refractivity contribution in [2.24, 2.45) is 0 Å². The molecule has 0 saturated carbocycles. The van der Waals surface area contributed by atoms with Crippen LogP contribution in [-0.4, -0.2) is 28.8 Å². The summed E-state index contributed by atoms with van der Waals surface area (Å²) >= 11 is 0. The van der Waals surface area contributed by atoms with Crippen molar-refractivity contribution in [3.05, 3.63) is 35.9 Å². The van der Waals surface area contributed by atoms with Crippen LogP contribution < -0.4 is 10.6 Å². The van der Waals surface area contributed by atoms with Gasteiger partial charge in [0.05, 0.1) is 0 Å². The number of carboxylic acid groups (broad SMARTS) is 1. The van der Waals surface area contributed by atoms with Gasteiger partial charge in [-0.25, -0.2) is 9.59 Å². The van der Waals surface area contributed by atoms with Crippen LogP contribution in [0.4, 0.5) is 10.5 Å². The Balaban J connectivity index is 2.33. The third-order valence-corrected chi connectivity index (χ3v) is 2.32. The lowest BCUT2D eigenvalue weighted by Crippen LogP contribution is -2.29. The zero-order valence-corrected chi connectivity index (χ0v) is 10.5. The molecule has 0 aliphatic heterocycles. The molecular formula is C13H16N2O4. The first-order valence-electron chi connectivity index (χ1n) is 5.73. The van der Waals surface area contributed by atoms with E-state index < -0.39 is 12.0 Å². The van der Waals surface area contributed by atoms with Crippen molar-refractivity contribution in [1.29, 1.82) is 0 Å². The van der Waals surface area contributed by atoms with Gasteiger partial charge in [0.1, 0.15) is 5.75 Å². The number of phenolic OH excluding ortho intramolecular Hbond substituents is 1. The van der Waals surface area contributed by atoms with Crippen LogP contribution in [0, 0.1) is 0 Å². The van der Waals surface area contributed by atoms with Gasteiger partial charge in [0.2, 0.25) is 0 Å². The van der Waals surface area contributed by atoms with E-state index >= 15 is 0 Å². The van der Waals surface area contributed by atoms with Crippen LogP contribution in [0.15, 0.2) is 35.9 Å². The summed E-state index contributed by atoms with van der Waals surface area (Å²) in [5.74, 6) is -0.901. The number of hydrogen-bond acceptors (Lipinski definition) is 3. The van der Waals surface area contributed by atoms with Gasteiger partial charge >= 0.3 is 12.0 Å². The van der Waals surface area contributed by atoms with E-state index in [0.29, 0.717) is 18.7 Å². The molecule has 4 N–H and O–H groups in total. The molecule has 0 atom stereocenters. The fourth-order valence-corrected chi connectivity index (χ4v) is 1.32. The number of aromatic hydroxyl groups is 1. The number of benzene rings is 1. The summed E-state index contributed by atoms with van der Waals surface area (Å²) in [6.07, 6.45) is 1.97. The highest BCUT2D eigenvalue weighted by molar-refractivity contribution is 5.89. The van der Waals surface area contributed by atoms with E-state index in [1.807, 2.05) is 0 Å². The Morgan fingerprint density at radius 1 is 1.37 bits per heavy atom. The number of urea groups is 1. The number of aliphatic carboxylic acids is 1. The van der Waals surface area contributed by atoms with Crippen LogP contribution >= 0.6 is 0 Å². The van der Waals surface area contributed by atoms with E-state index in [9.17, 15) is 14.7 Å². The average molecular weight is 264 g/mol. The fourth-order valence-electron chi connectivity index (χ4n) is 1.32. The van der Waals surface area contributed by atoms with E-state index in [4.69, 9.17) is 5.11 Å². The van der Waals surface area contributed by atoms with Crippen LogP contribution in [0.1, 0.15) is 13.3 Å². The van der Waals surface area contributed by atoms with Gasteiger partial charge in [-0.3, -0.25) is 0 Å². The molecule has 0 fully saturated rings. The molecule has 0 saturated heterocycles. The third kappa shape index (κ3) is 5.58. The van der Waals surface area contributed by atoms with Crippen LogP contribution in [0.5, 0.6) is 5.75 Å². The van der Waals surface area contributed by atoms with Crippen molar-refractivity contribution in [2.45, 2.75) is 13.3 Å². The number of carboxylic acids is 1. The monoisotopic (exact) mass is 264 g/mol. The van der Waals surface area contributed by atoms with Crippen molar-refractivity contribution in [3.8, 4) is 5.75 Å². The normalized spacial score (nSPS) is 10.9. The lowest BCUT2D eigenvalue weighted by atomic mass is 10.2. The predicted molar refractivity (Wildman–Crippen MR) is 71.1 cm³/mol. The van der Waals surface area contributed by atoms with Gasteiger partial charge in [0.15, 0.2) is 0 Å². The molecule has 19 heavy (non-hydrogen) atoms. The number of carbonyl (C=O) groups excluding carboxylic acids is 1. The van der Waals surface area contributed by atoms with E-state index in [1.54, 1.807) is 12.1 Å². The topological polar surface area (TPSA) is 98.7 Å². The molecule has 0 aliphatic carbocycles. The summed E-state index contributed by atoms with van der Waals surface area (Å²) in [5.41, 5.74) is 0.727. The largest absolute Gasteiger partial charge is 0.508 e. The number of carbonyl (C=O) groups is 2. The Morgan fingerprint density at radius 2 is 2.11 bits per heavy atom. The molecule has 0 bridgehead atoms. The molecule has 0 aromatic heterocycles. The smallest absolute Gasteiger partial charge is 0.330 e. The standard InChI is InChI=1S/C13H16N2O4/c1-9(12(17)18)4-3-7-14-13(19)15-10-5-2-6-11(16)8-10/h2,4-6,8,16H,3,7H2,1H3,(H,17,18)(H2,14,15,19). The van der Waals surface area contributed by atoms with Crippen molar-refractivity contribution in [1.82, 2.24) is 5.32 Å². The minimum Gasteiger partial charge on any atom is -0.508 e. The fraction of sp³-hybridized carbons (Fsp3) is 0.231. The van der Waals surface area contributed by atoms with Gasteiger partial charge in [-0.15, -0.1) is 0 Å². The van der Waals surface area contributed by atoms with Crippen molar-refractivity contribution in [2.75, 3.05) is 11.9 Å². The Morgan fingerprint density at radius 3 is 2.74 bits per heavy atom. The van der Waals surface area contributed by atoms with E-state index in [2.05, 4.69) is 10.6 Å². The summed E-state index contributed by atoms with van der Waals surface area (Å²) < 4.78 is 0. The highest BCUT2D eigenvalue weighted by atomic mass is 16.4. The molecule has 0 heterocycles. The summed E-state index contributed by atoms with van der Waals surface area (Å²) in [4.78, 5) is 22.0. The van der Waals surface area contributed by atoms with Crippen molar-refractivity contribution in [3.63, 3.8) is 0 Å². The number of hydrogen-bond donors (Lipinski definition) is 4. The minimum absolute atomic E-state index is 0.0674. The number of amides is 2. The summed E-state index contributed by atoms with van der Waals surface area (Å²) in [6.45, 7) is 1.82. The van der Waals surface area contributed by atoms with Crippen LogP contribution in [0.3, 0.4) is 0 Å². The first kappa shape index (κ1) is 14.6. The maximum absolute atomic E-state index is 11.5. The van der Waals surface area contributed by atoms with E-state index in [1.165, 1.54) is 25.1 Å². The summed E-state index contributed by atoms with van der Waals surface area (Å²) in [6, 6.07) is 5.78. The minimum atomic E-state index is -0.968. The molecular weight excluding hydrogens is 248 g/mol. The molecule has 1 aromatic rings. The van der Waals surface area contributed by atoms with Gasteiger partial charge < -0.3 is 20.8 Å². The molecule has 0 unspecified atom stereocenters. The molecule has 1 rings (SSSR count). The lowest BCUT2D eigenvalue weighted by Gasteiger charge is -2.06. The summed E-state index contributed by atoms with van der Waals surface area (Å²) in [7, 11) is 0. The number of phenols is 1. The number of anilines is 1. The molecule has 0 aliphatic rings. The molecule has 6 heteroatoms. The molecule has 102 valence electrons. The Labute approximate surface area is 110 Å². The second-order valence-electron chi connectivity index (χ2n) is 3.91. The zero-order chi connectivity index (χ0) is 14.3. The van der Waals surface area contributed by atoms with Crippen molar-refractivity contribution >= 4 is 17.7 Å². The second-order valence-corrected chi connectivity index (χ2v) is 3.91. The average Bonchev–Trinajstić information content (AvgIpc) is 2.34. The zero-order valence-electron chi connectivity index (χ0n) is 10.5. The Bertz CT molecular complexity index is 497. The van der Waals surface area contributed by atoms with Gasteiger partial charge in [-0.05, 0) is 25.5 Å². The van der Waals surface area contributed by atoms with E-state index in [0.717, 1.165) is 0 Å². The number of nitrogens with one attached hydrogen (secondary N) is 2. The number of rotatable bonds is 5. The first-order valence-corrected chi connectivity index (χ1v) is 5.73. The highest BCUT2D eigenvalue weighted by Gasteiger charge is 2.02. The summed E-state index contributed by atoms with van der Waals surface area (Å²) in [5, 5.41) is 23.0. The quantitative estimate of drug-likeness (QED) is 0.482. The maximum atomic E-state index is 11.5. The molecule has 1 aromatic carbocycles. The predicted octanol–water partition coefficient (Wildman–Crippen LogP) is 1.93. The van der Waals surface area contributed by atoms with Gasteiger partial charge in [-0.2, -0.15) is 0 Å². The van der Waals surface area contributed by atoms with Gasteiger partial charge in [0, 0.05) is 23.9 Å². The van der Waals surface area contributed by atoms with Gasteiger partial charge in [0.25, 0.3) is 0 Å². The van der Waals surface area contributed by atoms with Crippen LogP contribution in [-0.2, 0) is 4.79 Å². The highest BCUT2D eigenvalue weighted by Crippen LogP contribution is 2.14. The third-order valence-electron chi connectivity index (χ3n) is 2.32.